The lowest BCUT2D eigenvalue weighted by molar-refractivity contribution is -0.153. The number of aryl methyl sites for hydroxylation is 1. The summed E-state index contributed by atoms with van der Waals surface area (Å²) in [5, 5.41) is 3.60. The molecule has 0 unspecified atom stereocenters. The SMILES string of the molecule is COC(=O)C1(NC(=O)Cc2ccc(Cl)cc2C)CCC(C)CC1. The van der Waals surface area contributed by atoms with Gasteiger partial charge in [0.25, 0.3) is 0 Å². The molecule has 0 atom stereocenters. The lowest BCUT2D eigenvalue weighted by Gasteiger charge is -2.37. The number of esters is 1. The largest absolute Gasteiger partial charge is 0.467 e. The van der Waals surface area contributed by atoms with Crippen molar-refractivity contribution in [2.75, 3.05) is 7.11 Å². The minimum Gasteiger partial charge on any atom is -0.467 e. The van der Waals surface area contributed by atoms with E-state index in [-0.39, 0.29) is 18.3 Å². The van der Waals surface area contributed by atoms with Crippen molar-refractivity contribution in [2.24, 2.45) is 5.92 Å². The fourth-order valence-corrected chi connectivity index (χ4v) is 3.40. The van der Waals surface area contributed by atoms with E-state index in [4.69, 9.17) is 16.3 Å². The van der Waals surface area contributed by atoms with E-state index < -0.39 is 5.54 Å². The van der Waals surface area contributed by atoms with Gasteiger partial charge >= 0.3 is 5.97 Å². The topological polar surface area (TPSA) is 55.4 Å². The maximum Gasteiger partial charge on any atom is 0.331 e. The van der Waals surface area contributed by atoms with Gasteiger partial charge in [-0.25, -0.2) is 4.79 Å². The molecule has 4 nitrogen and oxygen atoms in total. The highest BCUT2D eigenvalue weighted by molar-refractivity contribution is 6.30. The number of carbonyl (C=O) groups excluding carboxylic acids is 2. The Morgan fingerprint density at radius 3 is 2.57 bits per heavy atom. The molecule has 1 saturated carbocycles. The molecule has 126 valence electrons. The van der Waals surface area contributed by atoms with E-state index in [1.807, 2.05) is 19.1 Å². The standard InChI is InChI=1S/C18H24ClNO3/c1-12-6-8-18(9-7-12,17(22)23-3)20-16(21)11-14-4-5-15(19)10-13(14)2/h4-5,10,12H,6-9,11H2,1-3H3,(H,20,21). The lowest BCUT2D eigenvalue weighted by Crippen LogP contribution is -2.57. The van der Waals surface area contributed by atoms with Gasteiger partial charge in [0.2, 0.25) is 5.91 Å². The third-order valence-electron chi connectivity index (χ3n) is 4.74. The molecular formula is C18H24ClNO3. The minimum atomic E-state index is -0.876. The fourth-order valence-electron chi connectivity index (χ4n) is 3.17. The molecule has 1 aromatic rings. The normalized spacial score (nSPS) is 24.1. The molecule has 23 heavy (non-hydrogen) atoms. The Labute approximate surface area is 142 Å². The summed E-state index contributed by atoms with van der Waals surface area (Å²) in [7, 11) is 1.37. The second-order valence-corrected chi connectivity index (χ2v) is 6.99. The maximum absolute atomic E-state index is 12.5. The Morgan fingerprint density at radius 1 is 1.35 bits per heavy atom. The van der Waals surface area contributed by atoms with E-state index in [1.165, 1.54) is 7.11 Å². The third kappa shape index (κ3) is 4.25. The maximum atomic E-state index is 12.5. The molecule has 0 radical (unpaired) electrons. The van der Waals surface area contributed by atoms with E-state index >= 15 is 0 Å². The van der Waals surface area contributed by atoms with Crippen LogP contribution in [0.15, 0.2) is 18.2 Å². The monoisotopic (exact) mass is 337 g/mol. The second kappa shape index (κ2) is 7.35. The summed E-state index contributed by atoms with van der Waals surface area (Å²) in [6.07, 6.45) is 3.32. The van der Waals surface area contributed by atoms with Crippen LogP contribution < -0.4 is 5.32 Å². The van der Waals surface area contributed by atoms with Crippen LogP contribution in [0.1, 0.15) is 43.7 Å². The fraction of sp³-hybridized carbons (Fsp3) is 0.556. The number of methoxy groups -OCH3 is 1. The molecule has 0 saturated heterocycles. The summed E-state index contributed by atoms with van der Waals surface area (Å²) in [5.74, 6) is 0.0733. The van der Waals surface area contributed by atoms with Crippen LogP contribution in [0.5, 0.6) is 0 Å². The Hall–Kier alpha value is -1.55. The average molecular weight is 338 g/mol. The van der Waals surface area contributed by atoms with Crippen LogP contribution in [-0.4, -0.2) is 24.5 Å². The predicted molar refractivity (Wildman–Crippen MR) is 90.4 cm³/mol. The molecule has 1 aromatic carbocycles. The van der Waals surface area contributed by atoms with Crippen molar-refractivity contribution in [1.82, 2.24) is 5.32 Å². The number of hydrogen-bond donors (Lipinski definition) is 1. The number of rotatable bonds is 4. The first-order valence-corrected chi connectivity index (χ1v) is 8.38. The van der Waals surface area contributed by atoms with Gasteiger partial charge in [-0.15, -0.1) is 0 Å². The van der Waals surface area contributed by atoms with E-state index in [9.17, 15) is 9.59 Å². The summed E-state index contributed by atoms with van der Waals surface area (Å²) >= 11 is 5.94. The molecule has 1 N–H and O–H groups in total. The van der Waals surface area contributed by atoms with Gasteiger partial charge in [0.1, 0.15) is 5.54 Å². The van der Waals surface area contributed by atoms with Gasteiger partial charge in [-0.1, -0.05) is 24.6 Å². The van der Waals surface area contributed by atoms with Gasteiger partial charge in [-0.05, 0) is 61.8 Å². The highest BCUT2D eigenvalue weighted by Crippen LogP contribution is 2.33. The van der Waals surface area contributed by atoms with Crippen LogP contribution in [-0.2, 0) is 20.7 Å². The van der Waals surface area contributed by atoms with Gasteiger partial charge in [-0.3, -0.25) is 4.79 Å². The highest BCUT2D eigenvalue weighted by Gasteiger charge is 2.43. The van der Waals surface area contributed by atoms with E-state index in [0.29, 0.717) is 23.8 Å². The summed E-state index contributed by atoms with van der Waals surface area (Å²) in [5.41, 5.74) is 1.01. The number of amides is 1. The van der Waals surface area contributed by atoms with Crippen molar-refractivity contribution in [3.8, 4) is 0 Å². The van der Waals surface area contributed by atoms with E-state index in [0.717, 1.165) is 24.0 Å². The van der Waals surface area contributed by atoms with Gasteiger partial charge in [-0.2, -0.15) is 0 Å². The van der Waals surface area contributed by atoms with Crippen molar-refractivity contribution < 1.29 is 14.3 Å². The van der Waals surface area contributed by atoms with Crippen molar-refractivity contribution in [2.45, 2.75) is 51.5 Å². The zero-order valence-electron chi connectivity index (χ0n) is 13.9. The number of benzene rings is 1. The van der Waals surface area contributed by atoms with E-state index in [2.05, 4.69) is 12.2 Å². The van der Waals surface area contributed by atoms with Gasteiger partial charge in [0.15, 0.2) is 0 Å². The Kier molecular flexibility index (Phi) is 5.69. The number of hydrogen-bond acceptors (Lipinski definition) is 3. The Balaban J connectivity index is 2.10. The quantitative estimate of drug-likeness (QED) is 0.856. The van der Waals surface area contributed by atoms with Crippen LogP contribution in [0.25, 0.3) is 0 Å². The molecule has 0 spiro atoms. The molecule has 1 aliphatic carbocycles. The number of carbonyl (C=O) groups is 2. The molecule has 1 fully saturated rings. The van der Waals surface area contributed by atoms with Gasteiger partial charge < -0.3 is 10.1 Å². The van der Waals surface area contributed by atoms with Crippen LogP contribution in [0.3, 0.4) is 0 Å². The molecule has 1 amide bonds. The minimum absolute atomic E-state index is 0.157. The Bertz CT molecular complexity index is 592. The van der Waals surface area contributed by atoms with Gasteiger partial charge in [0, 0.05) is 5.02 Å². The van der Waals surface area contributed by atoms with Crippen LogP contribution in [0.4, 0.5) is 0 Å². The van der Waals surface area contributed by atoms with E-state index in [1.54, 1.807) is 6.07 Å². The molecule has 0 bridgehead atoms. The number of ether oxygens (including phenoxy) is 1. The lowest BCUT2D eigenvalue weighted by atomic mass is 9.77. The molecule has 5 heteroatoms. The first kappa shape index (κ1) is 17.8. The first-order valence-electron chi connectivity index (χ1n) is 8.01. The summed E-state index contributed by atoms with van der Waals surface area (Å²) in [4.78, 5) is 24.7. The van der Waals surface area contributed by atoms with Crippen molar-refractivity contribution in [3.05, 3.63) is 34.3 Å². The zero-order chi connectivity index (χ0) is 17.0. The average Bonchev–Trinajstić information content (AvgIpc) is 2.52. The van der Waals surface area contributed by atoms with Gasteiger partial charge in [0.05, 0.1) is 13.5 Å². The molecule has 0 aliphatic heterocycles. The van der Waals surface area contributed by atoms with Crippen molar-refractivity contribution in [3.63, 3.8) is 0 Å². The number of halogens is 1. The van der Waals surface area contributed by atoms with Crippen LogP contribution in [0, 0.1) is 12.8 Å². The number of nitrogens with one attached hydrogen (secondary N) is 1. The second-order valence-electron chi connectivity index (χ2n) is 6.55. The predicted octanol–water partition coefficient (Wildman–Crippen LogP) is 3.43. The molecule has 0 heterocycles. The third-order valence-corrected chi connectivity index (χ3v) is 4.97. The smallest absolute Gasteiger partial charge is 0.331 e. The van der Waals surface area contributed by atoms with Crippen LogP contribution in [0.2, 0.25) is 5.02 Å². The summed E-state index contributed by atoms with van der Waals surface area (Å²) < 4.78 is 4.95. The summed E-state index contributed by atoms with van der Waals surface area (Å²) in [6.45, 7) is 4.09. The van der Waals surface area contributed by atoms with Crippen molar-refractivity contribution in [1.29, 1.82) is 0 Å². The molecular weight excluding hydrogens is 314 g/mol. The zero-order valence-corrected chi connectivity index (χ0v) is 14.7. The first-order chi connectivity index (χ1) is 10.9. The molecule has 0 aromatic heterocycles. The summed E-state index contributed by atoms with van der Waals surface area (Å²) in [6, 6.07) is 5.46. The molecule has 2 rings (SSSR count). The Morgan fingerprint density at radius 2 is 2.00 bits per heavy atom. The van der Waals surface area contributed by atoms with Crippen LogP contribution >= 0.6 is 11.6 Å². The molecule has 1 aliphatic rings. The van der Waals surface area contributed by atoms with Crippen molar-refractivity contribution >= 4 is 23.5 Å². The highest BCUT2D eigenvalue weighted by atomic mass is 35.5.